The Balaban J connectivity index is 4.24. The number of hydrogen-bond donors (Lipinski definition) is 0. The molecule has 59 heavy (non-hydrogen) atoms. The zero-order valence-corrected chi connectivity index (χ0v) is 40.4. The normalized spacial score (nSPS) is 13.5. The summed E-state index contributed by atoms with van der Waals surface area (Å²) < 4.78 is 34.0. The maximum Gasteiger partial charge on any atom is 0.306 e. The number of hydrogen-bond acceptors (Lipinski definition) is 8. The number of nitrogens with zero attached hydrogens (tertiary/aromatic N) is 1. The van der Waals surface area contributed by atoms with Crippen LogP contribution in [0.5, 0.6) is 0 Å². The van der Waals surface area contributed by atoms with Crippen LogP contribution in [0.15, 0.2) is 12.2 Å². The van der Waals surface area contributed by atoms with E-state index in [1.807, 2.05) is 21.1 Å². The van der Waals surface area contributed by atoms with E-state index in [1.54, 1.807) is 0 Å². The molecule has 350 valence electrons. The Labute approximate surface area is 365 Å². The van der Waals surface area contributed by atoms with Crippen molar-refractivity contribution in [3.8, 4) is 0 Å². The van der Waals surface area contributed by atoms with E-state index in [0.717, 1.165) is 38.5 Å². The molecule has 0 aliphatic carbocycles. The zero-order chi connectivity index (χ0) is 43.6. The van der Waals surface area contributed by atoms with Crippen LogP contribution in [0, 0.1) is 0 Å². The molecular weight excluding hydrogens is 762 g/mol. The Hall–Kier alpha value is -1.25. The first-order chi connectivity index (χ1) is 28.5. The van der Waals surface area contributed by atoms with E-state index in [0.29, 0.717) is 17.4 Å². The van der Waals surface area contributed by atoms with Gasteiger partial charge in [0.2, 0.25) is 0 Å². The number of carbonyl (C=O) groups excluding carboxylic acids is 2. The molecule has 0 saturated heterocycles. The van der Waals surface area contributed by atoms with Gasteiger partial charge < -0.3 is 27.9 Å². The molecule has 0 saturated carbocycles. The Morgan fingerprint density at radius 3 is 1.27 bits per heavy atom. The second-order valence-electron chi connectivity index (χ2n) is 18.2. The molecule has 2 atom stereocenters. The van der Waals surface area contributed by atoms with Gasteiger partial charge in [-0.05, 0) is 38.5 Å². The number of esters is 2. The molecule has 0 aromatic rings. The molecule has 0 heterocycles. The summed E-state index contributed by atoms with van der Waals surface area (Å²) in [5.41, 5.74) is 0. The lowest BCUT2D eigenvalue weighted by molar-refractivity contribution is -0.870. The molecule has 9 nitrogen and oxygen atoms in total. The topological polar surface area (TPSA) is 111 Å². The standard InChI is InChI=1S/C49H96NO8P/c1-6-8-10-12-14-16-18-20-22-24-26-27-29-31-33-35-37-39-41-48(51)55-45-47(46-57-59(53,54)56-44-43-50(3,4)5)58-49(52)42-40-38-36-34-32-30-28-25-23-21-19-17-15-13-11-9-7-2/h17,19,47H,6-16,18,20-46H2,1-5H3/b19-17+/t47-/m1/s1. The van der Waals surface area contributed by atoms with Crippen LogP contribution in [0.2, 0.25) is 0 Å². The highest BCUT2D eigenvalue weighted by molar-refractivity contribution is 7.45. The lowest BCUT2D eigenvalue weighted by Crippen LogP contribution is -2.37. The minimum atomic E-state index is -4.62. The van der Waals surface area contributed by atoms with Gasteiger partial charge in [0.1, 0.15) is 19.8 Å². The van der Waals surface area contributed by atoms with E-state index in [2.05, 4.69) is 26.0 Å². The van der Waals surface area contributed by atoms with Crippen molar-refractivity contribution in [3.05, 3.63) is 12.2 Å². The number of phosphoric ester groups is 1. The molecule has 0 aromatic carbocycles. The Morgan fingerprint density at radius 2 is 0.864 bits per heavy atom. The molecule has 1 unspecified atom stereocenters. The number of ether oxygens (including phenoxy) is 2. The van der Waals surface area contributed by atoms with Gasteiger partial charge in [-0.1, -0.05) is 199 Å². The zero-order valence-electron chi connectivity index (χ0n) is 39.5. The molecule has 0 bridgehead atoms. The quantitative estimate of drug-likeness (QED) is 0.0196. The van der Waals surface area contributed by atoms with Crippen LogP contribution >= 0.6 is 7.82 Å². The summed E-state index contributed by atoms with van der Waals surface area (Å²) in [4.78, 5) is 37.7. The molecule has 0 rings (SSSR count). The van der Waals surface area contributed by atoms with Crippen molar-refractivity contribution in [2.24, 2.45) is 0 Å². The predicted molar refractivity (Wildman–Crippen MR) is 245 cm³/mol. The van der Waals surface area contributed by atoms with E-state index < -0.39 is 26.5 Å². The molecule has 0 aromatic heterocycles. The first-order valence-corrected chi connectivity index (χ1v) is 26.4. The van der Waals surface area contributed by atoms with Gasteiger partial charge >= 0.3 is 11.9 Å². The lowest BCUT2D eigenvalue weighted by atomic mass is 10.0. The maximum atomic E-state index is 12.7. The molecule has 0 aliphatic heterocycles. The van der Waals surface area contributed by atoms with Crippen molar-refractivity contribution in [2.45, 2.75) is 245 Å². The van der Waals surface area contributed by atoms with Crippen LogP contribution in [-0.2, 0) is 32.7 Å². The van der Waals surface area contributed by atoms with E-state index in [1.165, 1.54) is 167 Å². The summed E-state index contributed by atoms with van der Waals surface area (Å²) in [6.07, 6.45) is 45.2. The van der Waals surface area contributed by atoms with Gasteiger partial charge in [0.05, 0.1) is 27.7 Å². The van der Waals surface area contributed by atoms with Crippen molar-refractivity contribution in [2.75, 3.05) is 47.5 Å². The first-order valence-electron chi connectivity index (χ1n) is 24.9. The van der Waals surface area contributed by atoms with E-state index in [4.69, 9.17) is 18.5 Å². The van der Waals surface area contributed by atoms with Gasteiger partial charge in [0.15, 0.2) is 6.10 Å². The molecule has 10 heteroatoms. The van der Waals surface area contributed by atoms with Crippen LogP contribution in [0.25, 0.3) is 0 Å². The molecule has 0 fully saturated rings. The number of unbranched alkanes of at least 4 members (excludes halogenated alkanes) is 30. The van der Waals surface area contributed by atoms with Crippen LogP contribution in [0.3, 0.4) is 0 Å². The van der Waals surface area contributed by atoms with Crippen LogP contribution < -0.4 is 4.89 Å². The summed E-state index contributed by atoms with van der Waals surface area (Å²) >= 11 is 0. The van der Waals surface area contributed by atoms with Crippen LogP contribution in [0.4, 0.5) is 0 Å². The van der Waals surface area contributed by atoms with Crippen molar-refractivity contribution in [1.29, 1.82) is 0 Å². The maximum absolute atomic E-state index is 12.7. The fraction of sp³-hybridized carbons (Fsp3) is 0.918. The van der Waals surface area contributed by atoms with Gasteiger partial charge in [0, 0.05) is 12.8 Å². The number of phosphoric acid groups is 1. The molecule has 0 aliphatic rings. The second-order valence-corrected chi connectivity index (χ2v) is 19.6. The average Bonchev–Trinajstić information content (AvgIpc) is 3.19. The molecule has 0 N–H and O–H groups in total. The summed E-state index contributed by atoms with van der Waals surface area (Å²) in [6, 6.07) is 0. The largest absolute Gasteiger partial charge is 0.756 e. The third kappa shape index (κ3) is 46.1. The summed E-state index contributed by atoms with van der Waals surface area (Å²) in [6.45, 7) is 4.26. The number of quaternary nitrogens is 1. The minimum Gasteiger partial charge on any atom is -0.756 e. The molecule has 0 radical (unpaired) electrons. The minimum absolute atomic E-state index is 0.0278. The Kier molecular flexibility index (Phi) is 41.2. The highest BCUT2D eigenvalue weighted by Crippen LogP contribution is 2.38. The van der Waals surface area contributed by atoms with E-state index >= 15 is 0 Å². The summed E-state index contributed by atoms with van der Waals surface area (Å²) in [5.74, 6) is -0.822. The molecule has 0 amide bonds. The lowest BCUT2D eigenvalue weighted by Gasteiger charge is -2.28. The van der Waals surface area contributed by atoms with E-state index in [9.17, 15) is 19.0 Å². The van der Waals surface area contributed by atoms with Crippen molar-refractivity contribution in [3.63, 3.8) is 0 Å². The fourth-order valence-electron chi connectivity index (χ4n) is 7.12. The van der Waals surface area contributed by atoms with Crippen molar-refractivity contribution >= 4 is 19.8 Å². The summed E-state index contributed by atoms with van der Waals surface area (Å²) in [7, 11) is 1.18. The van der Waals surface area contributed by atoms with Gasteiger partial charge in [-0.3, -0.25) is 14.2 Å². The van der Waals surface area contributed by atoms with Crippen molar-refractivity contribution in [1.82, 2.24) is 0 Å². The van der Waals surface area contributed by atoms with Gasteiger partial charge in [-0.25, -0.2) is 0 Å². The number of likely N-dealkylation sites (N-methyl/N-ethyl adjacent to an activating group) is 1. The smallest absolute Gasteiger partial charge is 0.306 e. The third-order valence-electron chi connectivity index (χ3n) is 11.0. The van der Waals surface area contributed by atoms with Crippen LogP contribution in [-0.4, -0.2) is 70.0 Å². The Bertz CT molecular complexity index is 1020. The SMILES string of the molecule is CCCCCC/C=C/CCCCCCCCCCCC(=O)O[C@H](COC(=O)CCCCCCCCCCCCCCCCCCCC)COP(=O)([O-])OCC[N+](C)(C)C. The van der Waals surface area contributed by atoms with Gasteiger partial charge in [0.25, 0.3) is 7.82 Å². The third-order valence-corrected chi connectivity index (χ3v) is 12.0. The molecular formula is C49H96NO8P. The number of allylic oxidation sites excluding steroid dienone is 2. The van der Waals surface area contributed by atoms with Gasteiger partial charge in [-0.15, -0.1) is 0 Å². The summed E-state index contributed by atoms with van der Waals surface area (Å²) in [5, 5.41) is 0. The first kappa shape index (κ1) is 57.8. The van der Waals surface area contributed by atoms with Gasteiger partial charge in [-0.2, -0.15) is 0 Å². The predicted octanol–water partition coefficient (Wildman–Crippen LogP) is 13.9. The fourth-order valence-corrected chi connectivity index (χ4v) is 7.85. The Morgan fingerprint density at radius 1 is 0.508 bits per heavy atom. The monoisotopic (exact) mass is 858 g/mol. The average molecular weight is 858 g/mol. The van der Waals surface area contributed by atoms with Crippen LogP contribution in [0.1, 0.15) is 239 Å². The second kappa shape index (κ2) is 42.1. The van der Waals surface area contributed by atoms with Crippen molar-refractivity contribution < 1.29 is 42.1 Å². The van der Waals surface area contributed by atoms with E-state index in [-0.39, 0.29) is 32.0 Å². The highest BCUT2D eigenvalue weighted by atomic mass is 31.2. The number of carbonyl (C=O) groups is 2. The number of rotatable bonds is 46. The highest BCUT2D eigenvalue weighted by Gasteiger charge is 2.21. The molecule has 0 spiro atoms.